The molecule has 242 valence electrons. The molecule has 0 aliphatic carbocycles. The maximum atomic E-state index is 12.7. The van der Waals surface area contributed by atoms with E-state index in [0.29, 0.717) is 13.2 Å². The van der Waals surface area contributed by atoms with Crippen molar-refractivity contribution in [2.75, 3.05) is 12.3 Å². The summed E-state index contributed by atoms with van der Waals surface area (Å²) in [7, 11) is 0.0833. The highest BCUT2D eigenvalue weighted by Crippen LogP contribution is 2.27. The van der Waals surface area contributed by atoms with Gasteiger partial charge in [0.1, 0.15) is 12.2 Å². The Morgan fingerprint density at radius 2 is 1.30 bits per heavy atom. The molecule has 0 saturated carbocycles. The Hall–Kier alpha value is -4.12. The third-order valence-electron chi connectivity index (χ3n) is 7.06. The number of hydrogen-bond acceptors (Lipinski definition) is 9. The van der Waals surface area contributed by atoms with Crippen molar-refractivity contribution in [3.05, 3.63) is 138 Å². The van der Waals surface area contributed by atoms with Gasteiger partial charge in [0.2, 0.25) is 0 Å². The van der Waals surface area contributed by atoms with E-state index < -0.39 is 37.1 Å². The van der Waals surface area contributed by atoms with Gasteiger partial charge < -0.3 is 44.5 Å². The lowest BCUT2D eigenvalue weighted by molar-refractivity contribution is -0.0960. The van der Waals surface area contributed by atoms with E-state index in [1.165, 1.54) is 17.2 Å². The van der Waals surface area contributed by atoms with Crippen LogP contribution in [-0.2, 0) is 27.0 Å². The molecule has 0 radical (unpaired) electrons. The van der Waals surface area contributed by atoms with Gasteiger partial charge in [-0.3, -0.25) is 0 Å². The van der Waals surface area contributed by atoms with Gasteiger partial charge in [0.25, 0.3) is 0 Å². The van der Waals surface area contributed by atoms with Crippen LogP contribution in [0.15, 0.2) is 121 Å². The van der Waals surface area contributed by atoms with Crippen LogP contribution in [0.4, 0.5) is 5.69 Å². The Bertz CT molecular complexity index is 1580. The van der Waals surface area contributed by atoms with Crippen LogP contribution in [0.2, 0.25) is 0 Å². The van der Waals surface area contributed by atoms with Gasteiger partial charge in [-0.05, 0) is 40.8 Å². The second-order valence-corrected chi connectivity index (χ2v) is 11.1. The number of anilines is 1. The van der Waals surface area contributed by atoms with Gasteiger partial charge in [-0.2, -0.15) is 0 Å². The van der Waals surface area contributed by atoms with Crippen LogP contribution >= 0.6 is 9.03 Å². The fourth-order valence-electron chi connectivity index (χ4n) is 4.57. The van der Waals surface area contributed by atoms with E-state index in [1.807, 2.05) is 91.0 Å². The Morgan fingerprint density at radius 3 is 1.91 bits per heavy atom. The number of hydrogen-bond donors (Lipinski definition) is 5. The summed E-state index contributed by atoms with van der Waals surface area (Å²) in [6, 6.07) is 35.9. The molecule has 46 heavy (non-hydrogen) atoms. The number of ether oxygens (including phenoxy) is 1. The van der Waals surface area contributed by atoms with Crippen molar-refractivity contribution in [2.24, 2.45) is 0 Å². The van der Waals surface area contributed by atoms with E-state index in [1.54, 1.807) is 29.0 Å². The zero-order valence-electron chi connectivity index (χ0n) is 25.1. The summed E-state index contributed by atoms with van der Waals surface area (Å²) in [5, 5.41) is 39.9. The molecule has 0 spiro atoms. The quantitative estimate of drug-likeness (QED) is 0.0486. The molecule has 11 heteroatoms. The van der Waals surface area contributed by atoms with Crippen molar-refractivity contribution < 1.29 is 39.0 Å². The number of fused-ring (bicyclic) bond motifs is 1. The highest BCUT2D eigenvalue weighted by molar-refractivity contribution is 7.26. The van der Waals surface area contributed by atoms with Crippen LogP contribution in [0, 0.1) is 0 Å². The van der Waals surface area contributed by atoms with Gasteiger partial charge in [0, 0.05) is 18.3 Å². The topological polar surface area (TPSA) is 157 Å². The zero-order valence-corrected chi connectivity index (χ0v) is 26.1. The predicted molar refractivity (Wildman–Crippen MR) is 178 cm³/mol. The Balaban J connectivity index is 0.000000240. The van der Waals surface area contributed by atoms with E-state index in [-0.39, 0.29) is 26.7 Å². The second kappa shape index (κ2) is 18.1. The van der Waals surface area contributed by atoms with E-state index in [0.717, 1.165) is 10.9 Å². The minimum absolute atomic E-state index is 0.0833. The molecule has 1 aromatic heterocycles. The molecule has 0 aliphatic rings. The number of para-hydroxylation sites is 2. The van der Waals surface area contributed by atoms with Gasteiger partial charge >= 0.3 is 5.97 Å². The molecular formula is C35H39N2O8P. The van der Waals surface area contributed by atoms with Crippen LogP contribution < -0.4 is 5.73 Å². The van der Waals surface area contributed by atoms with E-state index in [9.17, 15) is 20.1 Å². The minimum Gasteiger partial charge on any atom is -0.437 e. The molecule has 4 aromatic carbocycles. The summed E-state index contributed by atoms with van der Waals surface area (Å²) >= 11 is 0. The summed E-state index contributed by atoms with van der Waals surface area (Å²) < 4.78 is 18.2. The maximum absolute atomic E-state index is 12.7. The Morgan fingerprint density at radius 1 is 0.739 bits per heavy atom. The first-order valence-electron chi connectivity index (χ1n) is 14.7. The van der Waals surface area contributed by atoms with Crippen molar-refractivity contribution in [1.29, 1.82) is 0 Å². The third-order valence-corrected chi connectivity index (χ3v) is 7.59. The number of esters is 1. The molecule has 5 aromatic rings. The second-order valence-electron chi connectivity index (χ2n) is 10.4. The van der Waals surface area contributed by atoms with Crippen molar-refractivity contribution >= 4 is 31.6 Å². The molecule has 0 bridgehead atoms. The lowest BCUT2D eigenvalue weighted by Gasteiger charge is -2.27. The molecule has 4 unspecified atom stereocenters. The number of carbonyl (C=O) groups is 1. The number of nitrogens with two attached hydrogens (primary N) is 1. The number of aromatic nitrogens is 1. The van der Waals surface area contributed by atoms with Crippen LogP contribution in [0.5, 0.6) is 0 Å². The third kappa shape index (κ3) is 10.2. The van der Waals surface area contributed by atoms with Crippen LogP contribution in [0.25, 0.3) is 10.9 Å². The van der Waals surface area contributed by atoms with Crippen LogP contribution in [0.3, 0.4) is 0 Å². The molecule has 6 N–H and O–H groups in total. The highest BCUT2D eigenvalue weighted by Gasteiger charge is 2.30. The van der Waals surface area contributed by atoms with E-state index in [4.69, 9.17) is 24.6 Å². The number of aliphatic hydroxyl groups excluding tert-OH is 4. The molecular weight excluding hydrogens is 607 g/mol. The molecule has 0 aliphatic heterocycles. The maximum Gasteiger partial charge on any atom is 0.342 e. The molecule has 0 amide bonds. The number of benzene rings is 4. The van der Waals surface area contributed by atoms with Gasteiger partial charge in [-0.1, -0.05) is 91.0 Å². The minimum atomic E-state index is -1.61. The first-order chi connectivity index (χ1) is 22.4. The first kappa shape index (κ1) is 34.7. The Kier molecular flexibility index (Phi) is 13.7. The van der Waals surface area contributed by atoms with Crippen LogP contribution in [-0.4, -0.2) is 55.9 Å². The SMILES string of the molecule is Nc1ccccc1C(=O)OC(CC(O)C(O)C(O)CO)n1ccc2ccccc21.c1ccc(COPOCc2ccccc2)cc1. The van der Waals surface area contributed by atoms with Gasteiger partial charge in [-0.25, -0.2) is 4.79 Å². The molecule has 10 nitrogen and oxygen atoms in total. The lowest BCUT2D eigenvalue weighted by atomic mass is 10.0. The number of rotatable bonds is 14. The van der Waals surface area contributed by atoms with Crippen molar-refractivity contribution in [2.45, 2.75) is 44.2 Å². The molecule has 1 heterocycles. The zero-order chi connectivity index (χ0) is 32.7. The largest absolute Gasteiger partial charge is 0.437 e. The fraction of sp³-hybridized carbons (Fsp3) is 0.229. The van der Waals surface area contributed by atoms with Crippen molar-refractivity contribution in [3.63, 3.8) is 0 Å². The fourth-order valence-corrected chi connectivity index (χ4v) is 5.10. The molecule has 5 rings (SSSR count). The van der Waals surface area contributed by atoms with Gasteiger partial charge in [-0.15, -0.1) is 0 Å². The average Bonchev–Trinajstić information content (AvgIpc) is 3.53. The summed E-state index contributed by atoms with van der Waals surface area (Å²) in [5.41, 5.74) is 9.39. The van der Waals surface area contributed by atoms with E-state index >= 15 is 0 Å². The van der Waals surface area contributed by atoms with Crippen molar-refractivity contribution in [3.8, 4) is 0 Å². The van der Waals surface area contributed by atoms with Gasteiger partial charge in [0.05, 0.1) is 37.0 Å². The van der Waals surface area contributed by atoms with Gasteiger partial charge in [0.15, 0.2) is 15.3 Å². The standard InChI is InChI=1S/C21H24N2O6.C14H15O2P/c22-15-7-3-2-6-14(15)21(28)29-19(11-17(25)20(27)18(26)12-24)23-10-9-13-5-1-4-8-16(13)23;1-3-7-13(8-4-1)11-15-17-16-12-14-9-5-2-6-10-14/h1-10,17-20,24-27H,11-12,22H2;1-10,17H,11-12H2. The number of carbonyl (C=O) groups excluding carboxylic acids is 1. The van der Waals surface area contributed by atoms with Crippen molar-refractivity contribution in [1.82, 2.24) is 4.57 Å². The normalized spacial score (nSPS) is 13.7. The number of aliphatic hydroxyl groups is 4. The molecule has 0 saturated heterocycles. The van der Waals surface area contributed by atoms with E-state index in [2.05, 4.69) is 0 Å². The lowest BCUT2D eigenvalue weighted by Crippen LogP contribution is -2.41. The monoisotopic (exact) mass is 646 g/mol. The average molecular weight is 647 g/mol. The Labute approximate surface area is 269 Å². The highest BCUT2D eigenvalue weighted by atomic mass is 31.1. The molecule has 0 fully saturated rings. The summed E-state index contributed by atoms with van der Waals surface area (Å²) in [6.45, 7) is 0.498. The summed E-state index contributed by atoms with van der Waals surface area (Å²) in [6.07, 6.45) is -4.08. The predicted octanol–water partition coefficient (Wildman–Crippen LogP) is 4.97. The number of nitrogen functional groups attached to an aromatic ring is 1. The summed E-state index contributed by atoms with van der Waals surface area (Å²) in [5.74, 6) is -0.685. The molecule has 4 atom stereocenters. The number of nitrogens with zero attached hydrogens (tertiary/aromatic N) is 1. The van der Waals surface area contributed by atoms with Crippen LogP contribution in [0.1, 0.15) is 34.1 Å². The summed E-state index contributed by atoms with van der Waals surface area (Å²) in [4.78, 5) is 12.7. The smallest absolute Gasteiger partial charge is 0.342 e. The first-order valence-corrected chi connectivity index (χ1v) is 15.5.